The van der Waals surface area contributed by atoms with Gasteiger partial charge in [-0.2, -0.15) is 0 Å². The highest BCUT2D eigenvalue weighted by atomic mass is 16.3. The van der Waals surface area contributed by atoms with Crippen LogP contribution in [0, 0.1) is 0 Å². The lowest BCUT2D eigenvalue weighted by Crippen LogP contribution is -2.36. The molecule has 1 aliphatic heterocycles. The minimum absolute atomic E-state index is 0.551. The molecule has 1 unspecified atom stereocenters. The van der Waals surface area contributed by atoms with Crippen LogP contribution in [0.4, 0.5) is 0 Å². The second-order valence-corrected chi connectivity index (χ2v) is 13.8. The maximum Gasteiger partial charge on any atom is 0.169 e. The smallest absolute Gasteiger partial charge is 0.169 e. The fourth-order valence-electron chi connectivity index (χ4n) is 7.91. The Balaban J connectivity index is 1.09. The van der Waals surface area contributed by atoms with E-state index in [1.165, 1.54) is 16.3 Å². The van der Waals surface area contributed by atoms with E-state index in [0.717, 1.165) is 88.9 Å². The number of nitrogens with zero attached hydrogens (tertiary/aromatic N) is 2. The molecule has 10 aromatic rings. The van der Waals surface area contributed by atoms with Crippen molar-refractivity contribution in [3.05, 3.63) is 193 Å². The van der Waals surface area contributed by atoms with Gasteiger partial charge in [-0.3, -0.25) is 0 Å². The van der Waals surface area contributed by atoms with Crippen molar-refractivity contribution in [2.45, 2.75) is 6.17 Å². The predicted molar refractivity (Wildman–Crippen MR) is 221 cm³/mol. The Bertz CT molecular complexity index is 3130. The van der Waals surface area contributed by atoms with Crippen LogP contribution in [0.25, 0.3) is 76.9 Å². The number of hydrogen-bond acceptors (Lipinski definition) is 5. The van der Waals surface area contributed by atoms with E-state index in [2.05, 4.69) is 133 Å². The van der Waals surface area contributed by atoms with Gasteiger partial charge in [-0.1, -0.05) is 140 Å². The summed E-state index contributed by atoms with van der Waals surface area (Å²) < 4.78 is 12.8. The van der Waals surface area contributed by atoms with Crippen molar-refractivity contribution in [2.75, 3.05) is 0 Å². The molecule has 1 N–H and O–H groups in total. The third-order valence-electron chi connectivity index (χ3n) is 10.5. The molecule has 1 aliphatic rings. The van der Waals surface area contributed by atoms with Crippen molar-refractivity contribution in [2.24, 2.45) is 9.98 Å². The lowest BCUT2D eigenvalue weighted by molar-refractivity contribution is 0.665. The standard InChI is InChI=1S/C49H31N3O2/c1-2-12-32(13-3-1)40-28-36(29-44-46(40)38-16-7-9-19-42(38)54-44)48-50-47(33-24-21-31(22-25-33)35-26-23-30-11-4-5-14-34(30)27-35)51-49(52-48)39-17-10-20-43-45(39)37-15-6-8-18-41(37)53-43/h1-29,48H,(H,50,51,52). The molecule has 0 saturated heterocycles. The van der Waals surface area contributed by atoms with Crippen molar-refractivity contribution >= 4 is 66.3 Å². The van der Waals surface area contributed by atoms with Gasteiger partial charge in [0.15, 0.2) is 6.17 Å². The number of fused-ring (bicyclic) bond motifs is 7. The van der Waals surface area contributed by atoms with Crippen LogP contribution >= 0.6 is 0 Å². The molecule has 0 bridgehead atoms. The van der Waals surface area contributed by atoms with Crippen LogP contribution in [0.3, 0.4) is 0 Å². The van der Waals surface area contributed by atoms with Crippen LogP contribution in [0.2, 0.25) is 0 Å². The second-order valence-electron chi connectivity index (χ2n) is 13.8. The Hall–Kier alpha value is -7.24. The third kappa shape index (κ3) is 5.01. The molecule has 1 atom stereocenters. The number of benzene rings is 8. The van der Waals surface area contributed by atoms with Crippen LogP contribution in [-0.4, -0.2) is 11.7 Å². The summed E-state index contributed by atoms with van der Waals surface area (Å²) in [7, 11) is 0. The number of aliphatic imine (C=N–C) groups is 2. The number of rotatable bonds is 5. The first-order chi connectivity index (χ1) is 26.7. The minimum Gasteiger partial charge on any atom is -0.456 e. The Morgan fingerprint density at radius 2 is 1.00 bits per heavy atom. The quantitative estimate of drug-likeness (QED) is 0.195. The number of nitrogens with one attached hydrogen (secondary N) is 1. The van der Waals surface area contributed by atoms with Crippen LogP contribution in [0.15, 0.2) is 195 Å². The van der Waals surface area contributed by atoms with Gasteiger partial charge in [-0.25, -0.2) is 9.98 Å². The van der Waals surface area contributed by atoms with Gasteiger partial charge < -0.3 is 14.2 Å². The zero-order valence-corrected chi connectivity index (χ0v) is 29.0. The number of para-hydroxylation sites is 2. The van der Waals surface area contributed by atoms with Gasteiger partial charge in [-0.15, -0.1) is 0 Å². The highest BCUT2D eigenvalue weighted by molar-refractivity contribution is 6.23. The maximum atomic E-state index is 6.52. The molecule has 0 saturated carbocycles. The molecule has 0 radical (unpaired) electrons. The monoisotopic (exact) mass is 693 g/mol. The SMILES string of the molecule is c1ccc(-c2cc(C3N=C(c4ccc(-c5ccc6ccccc6c5)cc4)NC(c4cccc5oc6ccccc6c45)=N3)cc3oc4ccccc4c23)cc1. The largest absolute Gasteiger partial charge is 0.456 e. The number of hydrogen-bond donors (Lipinski definition) is 1. The van der Waals surface area contributed by atoms with Gasteiger partial charge in [0.25, 0.3) is 0 Å². The highest BCUT2D eigenvalue weighted by Gasteiger charge is 2.25. The molecule has 0 fully saturated rings. The van der Waals surface area contributed by atoms with E-state index in [1.54, 1.807) is 0 Å². The highest BCUT2D eigenvalue weighted by Crippen LogP contribution is 2.41. The molecule has 5 nitrogen and oxygen atoms in total. The zero-order chi connectivity index (χ0) is 35.6. The van der Waals surface area contributed by atoms with E-state index in [0.29, 0.717) is 0 Å². The van der Waals surface area contributed by atoms with Gasteiger partial charge >= 0.3 is 0 Å². The van der Waals surface area contributed by atoms with Crippen molar-refractivity contribution in [3.63, 3.8) is 0 Å². The molecule has 0 amide bonds. The summed E-state index contributed by atoms with van der Waals surface area (Å²) in [5.74, 6) is 1.47. The van der Waals surface area contributed by atoms with Gasteiger partial charge in [-0.05, 0) is 69.4 Å². The summed E-state index contributed by atoms with van der Waals surface area (Å²) in [6, 6.07) is 61.1. The van der Waals surface area contributed by atoms with Crippen molar-refractivity contribution in [1.82, 2.24) is 5.32 Å². The summed E-state index contributed by atoms with van der Waals surface area (Å²) in [6.07, 6.45) is -0.551. The van der Waals surface area contributed by atoms with Crippen molar-refractivity contribution in [3.8, 4) is 22.3 Å². The normalized spacial score (nSPS) is 14.5. The van der Waals surface area contributed by atoms with Gasteiger partial charge in [0.1, 0.15) is 34.0 Å². The molecular formula is C49H31N3O2. The molecule has 0 aliphatic carbocycles. The Labute approximate surface area is 310 Å². The zero-order valence-electron chi connectivity index (χ0n) is 29.0. The minimum atomic E-state index is -0.551. The van der Waals surface area contributed by atoms with Crippen LogP contribution < -0.4 is 5.32 Å². The fourth-order valence-corrected chi connectivity index (χ4v) is 7.91. The molecule has 54 heavy (non-hydrogen) atoms. The van der Waals surface area contributed by atoms with Crippen LogP contribution in [0.5, 0.6) is 0 Å². The first kappa shape index (κ1) is 30.4. The van der Waals surface area contributed by atoms with E-state index in [-0.39, 0.29) is 0 Å². The van der Waals surface area contributed by atoms with Crippen molar-refractivity contribution < 1.29 is 8.83 Å². The Kier molecular flexibility index (Phi) is 6.85. The summed E-state index contributed by atoms with van der Waals surface area (Å²) in [5.41, 5.74) is 10.7. The van der Waals surface area contributed by atoms with Crippen molar-refractivity contribution in [1.29, 1.82) is 0 Å². The number of furan rings is 2. The first-order valence-electron chi connectivity index (χ1n) is 18.2. The molecule has 5 heteroatoms. The summed E-state index contributed by atoms with van der Waals surface area (Å²) in [6.45, 7) is 0. The molecule has 254 valence electrons. The van der Waals surface area contributed by atoms with E-state index >= 15 is 0 Å². The molecule has 0 spiro atoms. The topological polar surface area (TPSA) is 63.0 Å². The summed E-state index contributed by atoms with van der Waals surface area (Å²) >= 11 is 0. The van der Waals surface area contributed by atoms with E-state index in [1.807, 2.05) is 48.5 Å². The molecule has 11 rings (SSSR count). The molecule has 3 heterocycles. The third-order valence-corrected chi connectivity index (χ3v) is 10.5. The van der Waals surface area contributed by atoms with Gasteiger partial charge in [0, 0.05) is 38.2 Å². The molecule has 2 aromatic heterocycles. The lowest BCUT2D eigenvalue weighted by atomic mass is 9.96. The number of amidine groups is 2. The predicted octanol–water partition coefficient (Wildman–Crippen LogP) is 12.5. The second kappa shape index (κ2) is 12.2. The molecular weight excluding hydrogens is 663 g/mol. The fraction of sp³-hybridized carbons (Fsp3) is 0.0204. The Morgan fingerprint density at radius 3 is 1.80 bits per heavy atom. The first-order valence-corrected chi connectivity index (χ1v) is 18.2. The maximum absolute atomic E-state index is 6.52. The Morgan fingerprint density at radius 1 is 0.389 bits per heavy atom. The summed E-state index contributed by atoms with van der Waals surface area (Å²) in [4.78, 5) is 10.7. The van der Waals surface area contributed by atoms with E-state index in [4.69, 9.17) is 18.8 Å². The van der Waals surface area contributed by atoms with Gasteiger partial charge in [0.2, 0.25) is 0 Å². The van der Waals surface area contributed by atoms with E-state index < -0.39 is 6.17 Å². The average Bonchev–Trinajstić information content (AvgIpc) is 3.82. The van der Waals surface area contributed by atoms with Crippen LogP contribution in [0.1, 0.15) is 22.9 Å². The average molecular weight is 694 g/mol. The lowest BCUT2D eigenvalue weighted by Gasteiger charge is -2.23. The van der Waals surface area contributed by atoms with E-state index in [9.17, 15) is 0 Å². The molecule has 8 aromatic carbocycles. The summed E-state index contributed by atoms with van der Waals surface area (Å²) in [5, 5.41) is 10.3. The van der Waals surface area contributed by atoms with Crippen LogP contribution in [-0.2, 0) is 0 Å². The van der Waals surface area contributed by atoms with Gasteiger partial charge in [0.05, 0.1) is 0 Å².